The summed E-state index contributed by atoms with van der Waals surface area (Å²) >= 11 is 5.95. The molecule has 0 spiro atoms. The molecule has 0 unspecified atom stereocenters. The highest BCUT2D eigenvalue weighted by Gasteiger charge is 2.12. The van der Waals surface area contributed by atoms with Crippen molar-refractivity contribution < 1.29 is 5.11 Å². The third kappa shape index (κ3) is 3.43. The van der Waals surface area contributed by atoms with Gasteiger partial charge in [0.2, 0.25) is 0 Å². The van der Waals surface area contributed by atoms with E-state index in [1.807, 2.05) is 30.1 Å². The molecule has 4 nitrogen and oxygen atoms in total. The fourth-order valence-corrected chi connectivity index (χ4v) is 2.08. The van der Waals surface area contributed by atoms with Crippen LogP contribution < -0.4 is 4.90 Å². The van der Waals surface area contributed by atoms with E-state index in [0.29, 0.717) is 16.5 Å². The lowest BCUT2D eigenvalue weighted by Gasteiger charge is -2.20. The molecule has 5 heteroatoms. The first-order valence-corrected chi connectivity index (χ1v) is 6.45. The highest BCUT2D eigenvalue weighted by Crippen LogP contribution is 2.22. The van der Waals surface area contributed by atoms with Gasteiger partial charge in [0.25, 0.3) is 0 Å². The van der Waals surface area contributed by atoms with Crippen molar-refractivity contribution in [3.8, 4) is 0 Å². The van der Waals surface area contributed by atoms with Crippen LogP contribution in [0.2, 0.25) is 5.15 Å². The van der Waals surface area contributed by atoms with Gasteiger partial charge >= 0.3 is 0 Å². The largest absolute Gasteiger partial charge is 0.391 e. The number of rotatable bonds is 5. The zero-order chi connectivity index (χ0) is 13.7. The van der Waals surface area contributed by atoms with E-state index in [2.05, 4.69) is 22.1 Å². The van der Waals surface area contributed by atoms with Crippen LogP contribution >= 0.6 is 11.6 Å². The summed E-state index contributed by atoms with van der Waals surface area (Å²) in [4.78, 5) is 10.1. The summed E-state index contributed by atoms with van der Waals surface area (Å²) in [5.74, 6) is 0.679. The molecule has 0 saturated carbocycles. The van der Waals surface area contributed by atoms with Crippen molar-refractivity contribution in [1.29, 1.82) is 0 Å². The second-order valence-electron chi connectivity index (χ2n) is 4.28. The zero-order valence-corrected chi connectivity index (χ0v) is 11.5. The normalized spacial score (nSPS) is 10.5. The van der Waals surface area contributed by atoms with Crippen LogP contribution in [0.4, 0.5) is 5.82 Å². The van der Waals surface area contributed by atoms with Crippen LogP contribution in [0, 0.1) is 0 Å². The number of likely N-dealkylation sites (N-methyl/N-ethyl adjacent to an activating group) is 1. The third-order valence-corrected chi connectivity index (χ3v) is 3.29. The molecule has 0 bridgehead atoms. The molecule has 2 rings (SSSR count). The number of halogens is 1. The molecule has 0 aliphatic carbocycles. The van der Waals surface area contributed by atoms with Crippen LogP contribution in [-0.4, -0.2) is 28.7 Å². The molecule has 1 aromatic heterocycles. The third-order valence-electron chi connectivity index (χ3n) is 2.97. The first-order valence-electron chi connectivity index (χ1n) is 6.07. The summed E-state index contributed by atoms with van der Waals surface area (Å²) in [5.41, 5.74) is 1.83. The van der Waals surface area contributed by atoms with E-state index in [1.165, 1.54) is 11.9 Å². The van der Waals surface area contributed by atoms with Crippen molar-refractivity contribution >= 4 is 17.4 Å². The van der Waals surface area contributed by atoms with E-state index in [9.17, 15) is 5.11 Å². The predicted octanol–water partition coefficient (Wildman–Crippen LogP) is 2.30. The Morgan fingerprint density at radius 3 is 2.63 bits per heavy atom. The van der Waals surface area contributed by atoms with Gasteiger partial charge < -0.3 is 10.0 Å². The highest BCUT2D eigenvalue weighted by atomic mass is 35.5. The molecular weight excluding hydrogens is 262 g/mol. The van der Waals surface area contributed by atoms with Gasteiger partial charge in [0.15, 0.2) is 0 Å². The highest BCUT2D eigenvalue weighted by molar-refractivity contribution is 6.30. The van der Waals surface area contributed by atoms with E-state index >= 15 is 0 Å². The van der Waals surface area contributed by atoms with Crippen molar-refractivity contribution in [3.05, 3.63) is 52.9 Å². The summed E-state index contributed by atoms with van der Waals surface area (Å²) in [6.07, 6.45) is 2.32. The maximum absolute atomic E-state index is 9.34. The maximum Gasteiger partial charge on any atom is 0.140 e. The Morgan fingerprint density at radius 1 is 1.21 bits per heavy atom. The minimum Gasteiger partial charge on any atom is -0.391 e. The smallest absolute Gasteiger partial charge is 0.140 e. The van der Waals surface area contributed by atoms with Crippen LogP contribution in [0.15, 0.2) is 36.7 Å². The Bertz CT molecular complexity index is 533. The first-order chi connectivity index (χ1) is 9.22. The average molecular weight is 278 g/mol. The Labute approximate surface area is 117 Å². The Balaban J connectivity index is 2.08. The second-order valence-corrected chi connectivity index (χ2v) is 4.64. The predicted molar refractivity (Wildman–Crippen MR) is 76.4 cm³/mol. The van der Waals surface area contributed by atoms with Crippen molar-refractivity contribution in [2.45, 2.75) is 13.0 Å². The van der Waals surface area contributed by atoms with Crippen LogP contribution in [0.5, 0.6) is 0 Å². The summed E-state index contributed by atoms with van der Waals surface area (Å²) < 4.78 is 0. The van der Waals surface area contributed by atoms with Crippen molar-refractivity contribution in [1.82, 2.24) is 9.97 Å². The quantitative estimate of drug-likeness (QED) is 0.852. The van der Waals surface area contributed by atoms with Crippen LogP contribution in [0.25, 0.3) is 0 Å². The fraction of sp³-hybridized carbons (Fsp3) is 0.286. The molecule has 0 aliphatic heterocycles. The van der Waals surface area contributed by atoms with Crippen molar-refractivity contribution in [2.75, 3.05) is 18.5 Å². The lowest BCUT2D eigenvalue weighted by atomic mass is 10.1. The van der Waals surface area contributed by atoms with E-state index < -0.39 is 0 Å². The van der Waals surface area contributed by atoms with Crippen molar-refractivity contribution in [2.24, 2.45) is 0 Å². The fourth-order valence-electron chi connectivity index (χ4n) is 1.89. The van der Waals surface area contributed by atoms with Gasteiger partial charge in [0, 0.05) is 13.6 Å². The van der Waals surface area contributed by atoms with Gasteiger partial charge in [-0.1, -0.05) is 41.9 Å². The number of benzene rings is 1. The van der Waals surface area contributed by atoms with Gasteiger partial charge in [-0.2, -0.15) is 0 Å². The lowest BCUT2D eigenvalue weighted by molar-refractivity contribution is 0.281. The van der Waals surface area contributed by atoms with Crippen molar-refractivity contribution in [3.63, 3.8) is 0 Å². The number of aliphatic hydroxyl groups is 1. The maximum atomic E-state index is 9.34. The number of hydrogen-bond acceptors (Lipinski definition) is 4. The Kier molecular flexibility index (Phi) is 4.71. The van der Waals surface area contributed by atoms with Gasteiger partial charge in [0.05, 0.1) is 12.2 Å². The van der Waals surface area contributed by atoms with Crippen LogP contribution in [0.1, 0.15) is 11.1 Å². The van der Waals surface area contributed by atoms with Crippen LogP contribution in [-0.2, 0) is 13.0 Å². The molecule has 2 aromatic rings. The first kappa shape index (κ1) is 13.8. The van der Waals surface area contributed by atoms with E-state index in [0.717, 1.165) is 13.0 Å². The van der Waals surface area contributed by atoms with Gasteiger partial charge in [-0.3, -0.25) is 0 Å². The minimum absolute atomic E-state index is 0.162. The number of aliphatic hydroxyl groups excluding tert-OH is 1. The van der Waals surface area contributed by atoms with Crippen LogP contribution in [0.3, 0.4) is 0 Å². The minimum atomic E-state index is -0.162. The number of nitrogens with zero attached hydrogens (tertiary/aromatic N) is 3. The molecule has 0 amide bonds. The molecule has 1 aromatic carbocycles. The molecule has 0 saturated heterocycles. The summed E-state index contributed by atoms with van der Waals surface area (Å²) in [5, 5.41) is 9.65. The molecular formula is C14H16ClN3O. The Hall–Kier alpha value is -1.65. The standard InChI is InChI=1S/C14H16ClN3O/c1-18(8-7-11-5-3-2-4-6-11)14-12(9-19)13(15)16-10-17-14/h2-6,10,19H,7-9H2,1H3. The topological polar surface area (TPSA) is 49.2 Å². The zero-order valence-electron chi connectivity index (χ0n) is 10.8. The molecule has 0 radical (unpaired) electrons. The molecule has 1 heterocycles. The summed E-state index contributed by atoms with van der Waals surface area (Å²) in [6.45, 7) is 0.634. The lowest BCUT2D eigenvalue weighted by Crippen LogP contribution is -2.23. The Morgan fingerprint density at radius 2 is 1.95 bits per heavy atom. The number of aromatic nitrogens is 2. The average Bonchev–Trinajstić information content (AvgIpc) is 2.45. The summed E-state index contributed by atoms with van der Waals surface area (Å²) in [7, 11) is 1.93. The molecule has 19 heavy (non-hydrogen) atoms. The van der Waals surface area contributed by atoms with E-state index in [1.54, 1.807) is 0 Å². The van der Waals surface area contributed by atoms with Gasteiger partial charge in [-0.25, -0.2) is 9.97 Å². The van der Waals surface area contributed by atoms with Gasteiger partial charge in [0.1, 0.15) is 17.3 Å². The summed E-state index contributed by atoms with van der Waals surface area (Å²) in [6, 6.07) is 10.2. The SMILES string of the molecule is CN(CCc1ccccc1)c1ncnc(Cl)c1CO. The number of hydrogen-bond donors (Lipinski definition) is 1. The number of anilines is 1. The van der Waals surface area contributed by atoms with E-state index in [4.69, 9.17) is 11.6 Å². The molecule has 1 N–H and O–H groups in total. The van der Waals surface area contributed by atoms with Gasteiger partial charge in [-0.05, 0) is 12.0 Å². The molecule has 0 atom stereocenters. The molecule has 0 fully saturated rings. The monoisotopic (exact) mass is 277 g/mol. The molecule has 0 aliphatic rings. The second kappa shape index (κ2) is 6.50. The van der Waals surface area contributed by atoms with E-state index in [-0.39, 0.29) is 6.61 Å². The molecule has 100 valence electrons. The van der Waals surface area contributed by atoms with Gasteiger partial charge in [-0.15, -0.1) is 0 Å².